The van der Waals surface area contributed by atoms with Gasteiger partial charge in [0.1, 0.15) is 11.9 Å². The lowest BCUT2D eigenvalue weighted by molar-refractivity contribution is -0.128. The van der Waals surface area contributed by atoms with Crippen LogP contribution in [0, 0.1) is 5.82 Å². The maximum absolute atomic E-state index is 13.3. The topological polar surface area (TPSA) is 61.4 Å². The van der Waals surface area contributed by atoms with Gasteiger partial charge >= 0.3 is 6.03 Å². The SMILES string of the molecule is C[C@H](Nc1ccc(Br)c(F)c1)C(=O)N1CCNC1=O. The summed E-state index contributed by atoms with van der Waals surface area (Å²) < 4.78 is 13.7. The number of nitrogens with one attached hydrogen (secondary N) is 2. The van der Waals surface area contributed by atoms with Gasteiger partial charge in [0.15, 0.2) is 0 Å². The molecule has 1 fully saturated rings. The van der Waals surface area contributed by atoms with E-state index in [0.717, 1.165) is 4.90 Å². The first-order chi connectivity index (χ1) is 8.99. The average molecular weight is 330 g/mol. The van der Waals surface area contributed by atoms with Crippen molar-refractivity contribution in [3.8, 4) is 0 Å². The zero-order chi connectivity index (χ0) is 14.0. The minimum absolute atomic E-state index is 0.335. The molecule has 1 atom stereocenters. The van der Waals surface area contributed by atoms with Gasteiger partial charge in [-0.2, -0.15) is 0 Å². The van der Waals surface area contributed by atoms with Crippen LogP contribution in [0.1, 0.15) is 6.92 Å². The summed E-state index contributed by atoms with van der Waals surface area (Å²) in [5, 5.41) is 5.43. The van der Waals surface area contributed by atoms with Crippen LogP contribution in [0.3, 0.4) is 0 Å². The molecular formula is C12H13BrFN3O2. The molecule has 1 aliphatic rings. The summed E-state index contributed by atoms with van der Waals surface area (Å²) in [7, 11) is 0. The molecule has 1 aliphatic heterocycles. The summed E-state index contributed by atoms with van der Waals surface area (Å²) in [4.78, 5) is 24.5. The van der Waals surface area contributed by atoms with E-state index in [4.69, 9.17) is 0 Å². The van der Waals surface area contributed by atoms with E-state index in [9.17, 15) is 14.0 Å². The largest absolute Gasteiger partial charge is 0.374 e. The predicted octanol–water partition coefficient (Wildman–Crippen LogP) is 1.94. The molecule has 1 saturated heterocycles. The number of imide groups is 1. The standard InChI is InChI=1S/C12H13BrFN3O2/c1-7(11(18)17-5-4-15-12(17)19)16-8-2-3-9(13)10(14)6-8/h2-3,6-7,16H,4-5H2,1H3,(H,15,19)/t7-/m0/s1. The first-order valence-corrected chi connectivity index (χ1v) is 6.59. The van der Waals surface area contributed by atoms with Gasteiger partial charge in [-0.05, 0) is 41.1 Å². The van der Waals surface area contributed by atoms with Gasteiger partial charge in [-0.15, -0.1) is 0 Å². The van der Waals surface area contributed by atoms with Gasteiger partial charge in [0.2, 0.25) is 0 Å². The number of nitrogens with zero attached hydrogens (tertiary/aromatic N) is 1. The van der Waals surface area contributed by atoms with Gasteiger partial charge in [0.25, 0.3) is 5.91 Å². The van der Waals surface area contributed by atoms with Crippen LogP contribution in [0.5, 0.6) is 0 Å². The zero-order valence-electron chi connectivity index (χ0n) is 10.2. The maximum atomic E-state index is 13.3. The van der Waals surface area contributed by atoms with Crippen LogP contribution in [-0.4, -0.2) is 36.0 Å². The second-order valence-corrected chi connectivity index (χ2v) is 5.07. The molecule has 2 rings (SSSR count). The summed E-state index contributed by atoms with van der Waals surface area (Å²) in [6, 6.07) is 3.50. The number of hydrogen-bond acceptors (Lipinski definition) is 3. The summed E-state index contributed by atoms with van der Waals surface area (Å²) in [5.74, 6) is -0.748. The Morgan fingerprint density at radius 3 is 2.89 bits per heavy atom. The molecule has 102 valence electrons. The Bertz CT molecular complexity index is 524. The maximum Gasteiger partial charge on any atom is 0.324 e. The molecule has 0 saturated carbocycles. The minimum Gasteiger partial charge on any atom is -0.374 e. The number of carbonyl (C=O) groups is 2. The van der Waals surface area contributed by atoms with E-state index in [0.29, 0.717) is 23.2 Å². The minimum atomic E-state index is -0.607. The number of carbonyl (C=O) groups excluding carboxylic acids is 2. The van der Waals surface area contributed by atoms with Gasteiger partial charge in [-0.25, -0.2) is 9.18 Å². The van der Waals surface area contributed by atoms with Gasteiger partial charge in [0, 0.05) is 18.8 Å². The lowest BCUT2D eigenvalue weighted by Crippen LogP contribution is -2.43. The van der Waals surface area contributed by atoms with Crippen molar-refractivity contribution in [1.82, 2.24) is 10.2 Å². The summed E-state index contributed by atoms with van der Waals surface area (Å²) >= 11 is 3.06. The van der Waals surface area contributed by atoms with Crippen LogP contribution >= 0.6 is 15.9 Å². The fraction of sp³-hybridized carbons (Fsp3) is 0.333. The van der Waals surface area contributed by atoms with Crippen molar-refractivity contribution >= 4 is 33.6 Å². The van der Waals surface area contributed by atoms with E-state index >= 15 is 0 Å². The highest BCUT2D eigenvalue weighted by molar-refractivity contribution is 9.10. The van der Waals surface area contributed by atoms with Crippen LogP contribution in [0.25, 0.3) is 0 Å². The molecule has 3 amide bonds. The number of benzene rings is 1. The smallest absolute Gasteiger partial charge is 0.324 e. The first kappa shape index (κ1) is 13.8. The van der Waals surface area contributed by atoms with Crippen LogP contribution in [0.15, 0.2) is 22.7 Å². The van der Waals surface area contributed by atoms with Gasteiger partial charge in [0.05, 0.1) is 4.47 Å². The van der Waals surface area contributed by atoms with Crippen molar-refractivity contribution < 1.29 is 14.0 Å². The molecule has 0 bridgehead atoms. The molecule has 7 heteroatoms. The highest BCUT2D eigenvalue weighted by atomic mass is 79.9. The fourth-order valence-corrected chi connectivity index (χ4v) is 2.06. The van der Waals surface area contributed by atoms with E-state index in [-0.39, 0.29) is 11.9 Å². The van der Waals surface area contributed by atoms with E-state index < -0.39 is 11.9 Å². The van der Waals surface area contributed by atoms with Crippen LogP contribution < -0.4 is 10.6 Å². The molecule has 0 aliphatic carbocycles. The second kappa shape index (κ2) is 5.56. The quantitative estimate of drug-likeness (QED) is 0.890. The molecule has 5 nitrogen and oxygen atoms in total. The van der Waals surface area contributed by atoms with Gasteiger partial charge < -0.3 is 10.6 Å². The number of urea groups is 1. The zero-order valence-corrected chi connectivity index (χ0v) is 11.8. The van der Waals surface area contributed by atoms with E-state index in [1.54, 1.807) is 19.1 Å². The number of anilines is 1. The van der Waals surface area contributed by atoms with E-state index in [1.165, 1.54) is 6.07 Å². The molecule has 19 heavy (non-hydrogen) atoms. The fourth-order valence-electron chi connectivity index (χ4n) is 1.81. The highest BCUT2D eigenvalue weighted by Gasteiger charge is 2.29. The van der Waals surface area contributed by atoms with E-state index in [2.05, 4.69) is 26.6 Å². The number of amides is 3. The Morgan fingerprint density at radius 1 is 1.58 bits per heavy atom. The second-order valence-electron chi connectivity index (χ2n) is 4.22. The summed E-state index contributed by atoms with van der Waals surface area (Å²) in [6.45, 7) is 2.45. The number of rotatable bonds is 3. The predicted molar refractivity (Wildman–Crippen MR) is 72.3 cm³/mol. The molecule has 0 radical (unpaired) electrons. The van der Waals surface area contributed by atoms with Crippen molar-refractivity contribution in [2.45, 2.75) is 13.0 Å². The monoisotopic (exact) mass is 329 g/mol. The summed E-state index contributed by atoms with van der Waals surface area (Å²) in [5.41, 5.74) is 0.487. The third kappa shape index (κ3) is 3.04. The van der Waals surface area contributed by atoms with Crippen molar-refractivity contribution in [1.29, 1.82) is 0 Å². The van der Waals surface area contributed by atoms with E-state index in [1.807, 2.05) is 0 Å². The summed E-state index contributed by atoms with van der Waals surface area (Å²) in [6.07, 6.45) is 0. The Labute approximate surface area is 118 Å². The lowest BCUT2D eigenvalue weighted by Gasteiger charge is -2.19. The van der Waals surface area contributed by atoms with Gasteiger partial charge in [-0.3, -0.25) is 9.69 Å². The normalized spacial score (nSPS) is 16.2. The molecule has 0 aromatic heterocycles. The average Bonchev–Trinajstić information content (AvgIpc) is 2.79. The molecule has 0 unspecified atom stereocenters. The Hall–Kier alpha value is -1.63. The molecule has 2 N–H and O–H groups in total. The highest BCUT2D eigenvalue weighted by Crippen LogP contribution is 2.20. The van der Waals surface area contributed by atoms with Gasteiger partial charge in [-0.1, -0.05) is 0 Å². The van der Waals surface area contributed by atoms with Crippen LogP contribution in [0.2, 0.25) is 0 Å². The molecule has 1 aromatic carbocycles. The third-order valence-electron chi connectivity index (χ3n) is 2.80. The van der Waals surface area contributed by atoms with Crippen LogP contribution in [-0.2, 0) is 4.79 Å². The van der Waals surface area contributed by atoms with Crippen molar-refractivity contribution in [3.63, 3.8) is 0 Å². The Morgan fingerprint density at radius 2 is 2.32 bits per heavy atom. The first-order valence-electron chi connectivity index (χ1n) is 5.80. The van der Waals surface area contributed by atoms with Crippen molar-refractivity contribution in [2.75, 3.05) is 18.4 Å². The van der Waals surface area contributed by atoms with Crippen LogP contribution in [0.4, 0.5) is 14.9 Å². The number of hydrogen-bond donors (Lipinski definition) is 2. The molecular weight excluding hydrogens is 317 g/mol. The third-order valence-corrected chi connectivity index (χ3v) is 3.44. The lowest BCUT2D eigenvalue weighted by atomic mass is 10.2. The molecule has 1 heterocycles. The van der Waals surface area contributed by atoms with Crippen molar-refractivity contribution in [3.05, 3.63) is 28.5 Å². The number of halogens is 2. The Kier molecular flexibility index (Phi) is 4.04. The molecule has 1 aromatic rings. The van der Waals surface area contributed by atoms with Crippen molar-refractivity contribution in [2.24, 2.45) is 0 Å². The molecule has 0 spiro atoms. The Balaban J connectivity index is 2.03.